The molecule has 1 fully saturated rings. The largest absolute Gasteiger partial charge is 0.481 e. The highest BCUT2D eigenvalue weighted by molar-refractivity contribution is 9.09. The molecule has 0 aromatic carbocycles. The molecule has 4 nitrogen and oxygen atoms in total. The number of carboxylic acids is 1. The number of nitrogens with one attached hydrogen (secondary N) is 2. The third kappa shape index (κ3) is 9.87. The number of rotatable bonds is 1. The fourth-order valence-corrected chi connectivity index (χ4v) is 0.604. The van der Waals surface area contributed by atoms with Gasteiger partial charge < -0.3 is 15.7 Å². The molecule has 0 saturated carbocycles. The Morgan fingerprint density at radius 3 is 1.64 bits per heavy atom. The number of hydrogen-bond donors (Lipinski definition) is 3. The summed E-state index contributed by atoms with van der Waals surface area (Å²) in [5, 5.41) is 14.2. The van der Waals surface area contributed by atoms with Gasteiger partial charge in [0.25, 0.3) is 0 Å². The maximum absolute atomic E-state index is 9.32. The summed E-state index contributed by atoms with van der Waals surface area (Å²) in [7, 11) is 0. The van der Waals surface area contributed by atoms with Gasteiger partial charge in [-0.25, -0.2) is 0 Å². The Morgan fingerprint density at radius 1 is 1.27 bits per heavy atom. The summed E-state index contributed by atoms with van der Waals surface area (Å²) in [5.41, 5.74) is 0. The molecule has 0 atom stereocenters. The first-order valence-electron chi connectivity index (χ1n) is 3.46. The highest BCUT2D eigenvalue weighted by Gasteiger charge is 1.91. The van der Waals surface area contributed by atoms with Gasteiger partial charge in [0.15, 0.2) is 0 Å². The molecule has 0 bridgehead atoms. The molecular weight excluding hydrogens is 212 g/mol. The van der Waals surface area contributed by atoms with E-state index in [4.69, 9.17) is 5.11 Å². The highest BCUT2D eigenvalue weighted by Crippen LogP contribution is 1.73. The third-order valence-electron chi connectivity index (χ3n) is 1.07. The maximum atomic E-state index is 9.32. The van der Waals surface area contributed by atoms with Gasteiger partial charge in [-0.1, -0.05) is 15.9 Å². The van der Waals surface area contributed by atoms with Crippen LogP contribution in [0.15, 0.2) is 0 Å². The smallest absolute Gasteiger partial charge is 0.314 e. The third-order valence-corrected chi connectivity index (χ3v) is 1.55. The first-order chi connectivity index (χ1) is 5.27. The van der Waals surface area contributed by atoms with Crippen LogP contribution in [0, 0.1) is 0 Å². The number of hydrogen-bond acceptors (Lipinski definition) is 3. The Morgan fingerprint density at radius 2 is 1.55 bits per heavy atom. The first kappa shape index (κ1) is 10.9. The molecule has 0 radical (unpaired) electrons. The normalized spacial score (nSPS) is 16.5. The lowest BCUT2D eigenvalue weighted by Gasteiger charge is -2.11. The first-order valence-corrected chi connectivity index (χ1v) is 4.58. The van der Waals surface area contributed by atoms with Crippen LogP contribution in [0.25, 0.3) is 0 Å². The summed E-state index contributed by atoms with van der Waals surface area (Å²) in [6, 6.07) is 0. The van der Waals surface area contributed by atoms with E-state index in [9.17, 15) is 4.79 Å². The van der Waals surface area contributed by atoms with Gasteiger partial charge in [-0.15, -0.1) is 0 Å². The number of alkyl halides is 1. The number of carbonyl (C=O) groups is 1. The topological polar surface area (TPSA) is 61.4 Å². The van der Waals surface area contributed by atoms with Crippen molar-refractivity contribution < 1.29 is 9.90 Å². The van der Waals surface area contributed by atoms with Crippen LogP contribution in [-0.4, -0.2) is 42.6 Å². The van der Waals surface area contributed by atoms with E-state index in [1.165, 1.54) is 0 Å². The van der Waals surface area contributed by atoms with Crippen molar-refractivity contribution >= 4 is 21.9 Å². The van der Waals surface area contributed by atoms with E-state index in [2.05, 4.69) is 26.6 Å². The molecule has 1 aliphatic heterocycles. The summed E-state index contributed by atoms with van der Waals surface area (Å²) >= 11 is 2.71. The summed E-state index contributed by atoms with van der Waals surface area (Å²) < 4.78 is 0. The minimum Gasteiger partial charge on any atom is -0.481 e. The van der Waals surface area contributed by atoms with Crippen LogP contribution < -0.4 is 10.6 Å². The van der Waals surface area contributed by atoms with E-state index >= 15 is 0 Å². The molecule has 11 heavy (non-hydrogen) atoms. The molecule has 0 amide bonds. The van der Waals surface area contributed by atoms with Crippen molar-refractivity contribution in [2.45, 2.75) is 0 Å². The van der Waals surface area contributed by atoms with Gasteiger partial charge in [-0.2, -0.15) is 0 Å². The Kier molecular flexibility index (Phi) is 7.88. The maximum Gasteiger partial charge on any atom is 0.314 e. The van der Waals surface area contributed by atoms with E-state index in [1.807, 2.05) is 0 Å². The van der Waals surface area contributed by atoms with Crippen LogP contribution in [0.1, 0.15) is 0 Å². The van der Waals surface area contributed by atoms with Crippen LogP contribution in [0.2, 0.25) is 0 Å². The van der Waals surface area contributed by atoms with Crippen molar-refractivity contribution in [1.82, 2.24) is 10.6 Å². The van der Waals surface area contributed by atoms with Crippen LogP contribution in [0.5, 0.6) is 0 Å². The average Bonchev–Trinajstić information content (AvgIpc) is 2.09. The quantitative estimate of drug-likeness (QED) is 0.533. The van der Waals surface area contributed by atoms with Gasteiger partial charge in [0.2, 0.25) is 0 Å². The lowest BCUT2D eigenvalue weighted by molar-refractivity contribution is -0.133. The van der Waals surface area contributed by atoms with Crippen molar-refractivity contribution in [2.75, 3.05) is 31.5 Å². The van der Waals surface area contributed by atoms with E-state index < -0.39 is 5.97 Å². The van der Waals surface area contributed by atoms with E-state index in [-0.39, 0.29) is 5.33 Å². The van der Waals surface area contributed by atoms with Crippen molar-refractivity contribution in [3.05, 3.63) is 0 Å². The SMILES string of the molecule is C1CNCCN1.O=C(O)CBr. The number of carboxylic acid groups (broad SMARTS) is 1. The van der Waals surface area contributed by atoms with Gasteiger partial charge in [-0.3, -0.25) is 4.79 Å². The molecule has 1 saturated heterocycles. The van der Waals surface area contributed by atoms with E-state index in [0.29, 0.717) is 0 Å². The predicted molar refractivity (Wildman–Crippen MR) is 47.2 cm³/mol. The standard InChI is InChI=1S/C4H10N2.C2H3BrO2/c1-2-6-4-3-5-1;3-1-2(4)5/h5-6H,1-4H2;1H2,(H,4,5). The summed E-state index contributed by atoms with van der Waals surface area (Å²) in [6.07, 6.45) is 0. The zero-order chi connectivity index (χ0) is 8.53. The molecule has 1 aliphatic rings. The molecule has 1 rings (SSSR count). The van der Waals surface area contributed by atoms with Crippen LogP contribution in [-0.2, 0) is 4.79 Å². The van der Waals surface area contributed by atoms with Crippen LogP contribution in [0.3, 0.4) is 0 Å². The van der Waals surface area contributed by atoms with Crippen molar-refractivity contribution in [2.24, 2.45) is 0 Å². The molecule has 66 valence electrons. The second kappa shape index (κ2) is 7.97. The molecule has 5 heteroatoms. The van der Waals surface area contributed by atoms with Crippen LogP contribution >= 0.6 is 15.9 Å². The molecular formula is C6H13BrN2O2. The minimum atomic E-state index is -0.829. The molecule has 0 aliphatic carbocycles. The Labute approximate surface area is 74.5 Å². The minimum absolute atomic E-state index is 0.0347. The fraction of sp³-hybridized carbons (Fsp3) is 0.833. The summed E-state index contributed by atoms with van der Waals surface area (Å²) in [4.78, 5) is 9.32. The lowest BCUT2D eigenvalue weighted by Crippen LogP contribution is -2.39. The second-order valence-electron chi connectivity index (χ2n) is 2.03. The van der Waals surface area contributed by atoms with E-state index in [1.54, 1.807) is 0 Å². The molecule has 0 aromatic rings. The number of halogens is 1. The van der Waals surface area contributed by atoms with E-state index in [0.717, 1.165) is 26.2 Å². The molecule has 0 spiro atoms. The number of aliphatic carboxylic acids is 1. The zero-order valence-electron chi connectivity index (χ0n) is 6.27. The summed E-state index contributed by atoms with van der Waals surface area (Å²) in [6.45, 7) is 4.56. The zero-order valence-corrected chi connectivity index (χ0v) is 7.85. The summed E-state index contributed by atoms with van der Waals surface area (Å²) in [5.74, 6) is -0.829. The second-order valence-corrected chi connectivity index (χ2v) is 2.59. The van der Waals surface area contributed by atoms with Crippen molar-refractivity contribution in [3.63, 3.8) is 0 Å². The van der Waals surface area contributed by atoms with Crippen molar-refractivity contribution in [3.8, 4) is 0 Å². The average molecular weight is 225 g/mol. The predicted octanol–water partition coefficient (Wildman–Crippen LogP) is -0.355. The van der Waals surface area contributed by atoms with Crippen LogP contribution in [0.4, 0.5) is 0 Å². The Hall–Kier alpha value is -0.130. The Bertz CT molecular complexity index is 95.2. The van der Waals surface area contributed by atoms with Crippen molar-refractivity contribution in [1.29, 1.82) is 0 Å². The van der Waals surface area contributed by atoms with Gasteiger partial charge in [0.05, 0.1) is 0 Å². The fourth-order valence-electron chi connectivity index (χ4n) is 0.604. The van der Waals surface area contributed by atoms with Gasteiger partial charge in [0, 0.05) is 26.2 Å². The molecule has 1 heterocycles. The van der Waals surface area contributed by atoms with Gasteiger partial charge >= 0.3 is 5.97 Å². The monoisotopic (exact) mass is 224 g/mol. The molecule has 0 aromatic heterocycles. The molecule has 3 N–H and O–H groups in total. The highest BCUT2D eigenvalue weighted by atomic mass is 79.9. The Balaban J connectivity index is 0.000000187. The number of piperazine rings is 1. The lowest BCUT2D eigenvalue weighted by atomic mass is 10.4. The van der Waals surface area contributed by atoms with Gasteiger partial charge in [0.1, 0.15) is 5.33 Å². The van der Waals surface area contributed by atoms with Gasteiger partial charge in [-0.05, 0) is 0 Å². The molecule has 0 unspecified atom stereocenters.